The van der Waals surface area contributed by atoms with Gasteiger partial charge in [0.1, 0.15) is 5.75 Å². The summed E-state index contributed by atoms with van der Waals surface area (Å²) in [6.45, 7) is 1.10. The molecule has 2 rings (SSSR count). The van der Waals surface area contributed by atoms with Gasteiger partial charge in [0.05, 0.1) is 31.9 Å². The van der Waals surface area contributed by atoms with Crippen molar-refractivity contribution < 1.29 is 24.5 Å². The van der Waals surface area contributed by atoms with Gasteiger partial charge in [-0.15, -0.1) is 0 Å². The predicted molar refractivity (Wildman–Crippen MR) is 88.0 cm³/mol. The standard InChI is InChI=1S/C16H23N3O5/c1-16(9-20,10-21)18-15(23)17-11-7-14(22)19(8-11)12-3-5-13(24-2)6-4-12/h3-6,11,20-21H,7-10H2,1-2H3,(H2,17,18,23)/t11-/m0/s1. The lowest BCUT2D eigenvalue weighted by molar-refractivity contribution is -0.117. The molecule has 1 aliphatic heterocycles. The Hall–Kier alpha value is -2.32. The minimum absolute atomic E-state index is 0.0856. The Morgan fingerprint density at radius 1 is 1.33 bits per heavy atom. The number of urea groups is 1. The molecule has 1 atom stereocenters. The number of aliphatic hydroxyl groups is 2. The zero-order chi connectivity index (χ0) is 17.7. The Labute approximate surface area is 140 Å². The molecule has 8 heteroatoms. The average molecular weight is 337 g/mol. The summed E-state index contributed by atoms with van der Waals surface area (Å²) in [5.74, 6) is 0.615. The fourth-order valence-corrected chi connectivity index (χ4v) is 2.44. The maximum atomic E-state index is 12.2. The lowest BCUT2D eigenvalue weighted by atomic mass is 10.1. The molecule has 8 nitrogen and oxygen atoms in total. The molecule has 1 aliphatic rings. The Kier molecular flexibility index (Phi) is 5.63. The quantitative estimate of drug-likeness (QED) is 0.577. The summed E-state index contributed by atoms with van der Waals surface area (Å²) < 4.78 is 5.09. The van der Waals surface area contributed by atoms with Crippen molar-refractivity contribution in [2.24, 2.45) is 0 Å². The number of carbonyl (C=O) groups is 2. The van der Waals surface area contributed by atoms with Gasteiger partial charge in [-0.25, -0.2) is 4.79 Å². The molecule has 1 aromatic rings. The van der Waals surface area contributed by atoms with E-state index in [-0.39, 0.29) is 18.4 Å². The molecule has 1 fully saturated rings. The van der Waals surface area contributed by atoms with Crippen LogP contribution in [0.15, 0.2) is 24.3 Å². The second-order valence-corrected chi connectivity index (χ2v) is 6.08. The van der Waals surface area contributed by atoms with E-state index in [1.165, 1.54) is 6.92 Å². The molecule has 0 bridgehead atoms. The second kappa shape index (κ2) is 7.50. The highest BCUT2D eigenvalue weighted by molar-refractivity contribution is 5.96. The van der Waals surface area contributed by atoms with Gasteiger partial charge in [-0.05, 0) is 31.2 Å². The Bertz CT molecular complexity index is 586. The molecule has 3 amide bonds. The van der Waals surface area contributed by atoms with Gasteiger partial charge in [-0.1, -0.05) is 0 Å². The summed E-state index contributed by atoms with van der Waals surface area (Å²) in [6.07, 6.45) is 0.189. The van der Waals surface area contributed by atoms with Gasteiger partial charge in [0.25, 0.3) is 0 Å². The summed E-state index contributed by atoms with van der Waals surface area (Å²) in [6, 6.07) is 6.23. The van der Waals surface area contributed by atoms with Crippen LogP contribution in [0.3, 0.4) is 0 Å². The smallest absolute Gasteiger partial charge is 0.315 e. The maximum absolute atomic E-state index is 12.2. The summed E-state index contributed by atoms with van der Waals surface area (Å²) in [4.78, 5) is 25.7. The Morgan fingerprint density at radius 3 is 2.50 bits per heavy atom. The summed E-state index contributed by atoms with van der Waals surface area (Å²) >= 11 is 0. The van der Waals surface area contributed by atoms with Crippen LogP contribution in [0.4, 0.5) is 10.5 Å². The number of carbonyl (C=O) groups excluding carboxylic acids is 2. The van der Waals surface area contributed by atoms with E-state index < -0.39 is 24.8 Å². The fraction of sp³-hybridized carbons (Fsp3) is 0.500. The first kappa shape index (κ1) is 18.0. The van der Waals surface area contributed by atoms with E-state index >= 15 is 0 Å². The SMILES string of the molecule is COc1ccc(N2C[C@@H](NC(=O)NC(C)(CO)CO)CC2=O)cc1. The van der Waals surface area contributed by atoms with Gasteiger partial charge < -0.3 is 30.5 Å². The van der Waals surface area contributed by atoms with Crippen LogP contribution < -0.4 is 20.3 Å². The van der Waals surface area contributed by atoms with Gasteiger partial charge >= 0.3 is 6.03 Å². The van der Waals surface area contributed by atoms with Crippen molar-refractivity contribution in [3.8, 4) is 5.75 Å². The molecule has 24 heavy (non-hydrogen) atoms. The highest BCUT2D eigenvalue weighted by Crippen LogP contribution is 2.24. The third-order valence-corrected chi connectivity index (χ3v) is 3.96. The topological polar surface area (TPSA) is 111 Å². The fourth-order valence-electron chi connectivity index (χ4n) is 2.44. The van der Waals surface area contributed by atoms with Crippen molar-refractivity contribution in [3.05, 3.63) is 24.3 Å². The number of benzene rings is 1. The van der Waals surface area contributed by atoms with E-state index in [1.54, 1.807) is 36.3 Å². The number of methoxy groups -OCH3 is 1. The lowest BCUT2D eigenvalue weighted by Gasteiger charge is -2.27. The van der Waals surface area contributed by atoms with Crippen molar-refractivity contribution in [1.82, 2.24) is 10.6 Å². The van der Waals surface area contributed by atoms with Crippen LogP contribution in [0.25, 0.3) is 0 Å². The highest BCUT2D eigenvalue weighted by Gasteiger charge is 2.33. The van der Waals surface area contributed by atoms with Crippen LogP contribution in [0.1, 0.15) is 13.3 Å². The van der Waals surface area contributed by atoms with Crippen LogP contribution in [-0.2, 0) is 4.79 Å². The van der Waals surface area contributed by atoms with Gasteiger partial charge in [0.15, 0.2) is 0 Å². The van der Waals surface area contributed by atoms with Crippen LogP contribution in [0, 0.1) is 0 Å². The molecule has 132 valence electrons. The molecule has 0 radical (unpaired) electrons. The van der Waals surface area contributed by atoms with Gasteiger partial charge in [0, 0.05) is 18.7 Å². The second-order valence-electron chi connectivity index (χ2n) is 6.08. The minimum atomic E-state index is -1.11. The van der Waals surface area contributed by atoms with E-state index in [0.29, 0.717) is 12.3 Å². The first-order valence-electron chi connectivity index (χ1n) is 7.65. The van der Waals surface area contributed by atoms with E-state index in [9.17, 15) is 19.8 Å². The number of nitrogens with one attached hydrogen (secondary N) is 2. The largest absolute Gasteiger partial charge is 0.497 e. The van der Waals surface area contributed by atoms with Crippen LogP contribution in [-0.4, -0.2) is 60.6 Å². The molecule has 4 N–H and O–H groups in total. The van der Waals surface area contributed by atoms with Crippen molar-refractivity contribution in [1.29, 1.82) is 0 Å². The third kappa shape index (κ3) is 4.15. The van der Waals surface area contributed by atoms with Crippen LogP contribution in [0.5, 0.6) is 5.75 Å². The monoisotopic (exact) mass is 337 g/mol. The van der Waals surface area contributed by atoms with Crippen molar-refractivity contribution in [3.63, 3.8) is 0 Å². The number of hydrogen-bond donors (Lipinski definition) is 4. The molecule has 1 saturated heterocycles. The van der Waals surface area contributed by atoms with Crippen LogP contribution in [0.2, 0.25) is 0 Å². The van der Waals surface area contributed by atoms with Crippen molar-refractivity contribution >= 4 is 17.6 Å². The van der Waals surface area contributed by atoms with E-state index in [0.717, 1.165) is 5.69 Å². The number of nitrogens with zero attached hydrogens (tertiary/aromatic N) is 1. The average Bonchev–Trinajstić information content (AvgIpc) is 2.94. The Balaban J connectivity index is 1.95. The van der Waals surface area contributed by atoms with E-state index in [4.69, 9.17) is 4.74 Å². The highest BCUT2D eigenvalue weighted by atomic mass is 16.5. The van der Waals surface area contributed by atoms with Gasteiger partial charge in [-0.2, -0.15) is 0 Å². The van der Waals surface area contributed by atoms with E-state index in [1.807, 2.05) is 0 Å². The van der Waals surface area contributed by atoms with Crippen molar-refractivity contribution in [2.75, 3.05) is 31.8 Å². The Morgan fingerprint density at radius 2 is 1.96 bits per heavy atom. The molecule has 0 aliphatic carbocycles. The number of amides is 3. The molecule has 0 spiro atoms. The first-order chi connectivity index (χ1) is 11.4. The number of anilines is 1. The van der Waals surface area contributed by atoms with Gasteiger partial charge in [0.2, 0.25) is 5.91 Å². The lowest BCUT2D eigenvalue weighted by Crippen LogP contribution is -2.56. The molecular formula is C16H23N3O5. The van der Waals surface area contributed by atoms with E-state index in [2.05, 4.69) is 10.6 Å². The number of hydrogen-bond acceptors (Lipinski definition) is 5. The zero-order valence-corrected chi connectivity index (χ0v) is 13.8. The molecule has 0 unspecified atom stereocenters. The summed E-state index contributed by atoms with van der Waals surface area (Å²) in [5.41, 5.74) is -0.372. The van der Waals surface area contributed by atoms with Crippen LogP contribution >= 0.6 is 0 Å². The summed E-state index contributed by atoms with van der Waals surface area (Å²) in [7, 11) is 1.57. The predicted octanol–water partition coefficient (Wildman–Crippen LogP) is -0.157. The molecule has 0 saturated carbocycles. The number of aliphatic hydroxyl groups excluding tert-OH is 2. The molecular weight excluding hydrogens is 314 g/mol. The normalized spacial score (nSPS) is 17.8. The molecule has 1 heterocycles. The maximum Gasteiger partial charge on any atom is 0.315 e. The summed E-state index contributed by atoms with van der Waals surface area (Å²) in [5, 5.41) is 23.6. The van der Waals surface area contributed by atoms with Gasteiger partial charge in [-0.3, -0.25) is 4.79 Å². The number of ether oxygens (including phenoxy) is 1. The number of rotatable bonds is 6. The first-order valence-corrected chi connectivity index (χ1v) is 7.65. The van der Waals surface area contributed by atoms with Crippen molar-refractivity contribution in [2.45, 2.75) is 24.9 Å². The zero-order valence-electron chi connectivity index (χ0n) is 13.8. The minimum Gasteiger partial charge on any atom is -0.497 e. The third-order valence-electron chi connectivity index (χ3n) is 3.96. The molecule has 0 aromatic heterocycles. The molecule has 1 aromatic carbocycles.